The smallest absolute Gasteiger partial charge is 0.00520 e. The van der Waals surface area contributed by atoms with Gasteiger partial charge in [-0.2, -0.15) is 0 Å². The molecule has 1 fully saturated rings. The topological polar surface area (TPSA) is 52.0 Å². The Morgan fingerprint density at radius 1 is 0.667 bits per heavy atom. The van der Waals surface area contributed by atoms with Crippen LogP contribution in [0.3, 0.4) is 0 Å². The summed E-state index contributed by atoms with van der Waals surface area (Å²) in [5.41, 5.74) is 17.6. The third kappa shape index (κ3) is 8.04. The zero-order valence-corrected chi connectivity index (χ0v) is 30.9. The lowest BCUT2D eigenvalue weighted by Crippen LogP contribution is -2.41. The third-order valence-corrected chi connectivity index (χ3v) is 13.3. The van der Waals surface area contributed by atoms with Crippen LogP contribution in [0.1, 0.15) is 178 Å². The Bertz CT molecular complexity index is 1010. The van der Waals surface area contributed by atoms with Crippen molar-refractivity contribution in [2.45, 2.75) is 177 Å². The largest absolute Gasteiger partial charge is 0.330 e. The maximum Gasteiger partial charge on any atom is -0.00520 e. The Morgan fingerprint density at radius 3 is 1.62 bits per heavy atom. The first-order chi connectivity index (χ1) is 19.0. The van der Waals surface area contributed by atoms with Crippen LogP contribution < -0.4 is 11.5 Å². The summed E-state index contributed by atoms with van der Waals surface area (Å²) >= 11 is 0. The average Bonchev–Trinajstić information content (AvgIpc) is 3.41. The predicted molar refractivity (Wildman–Crippen MR) is 188 cm³/mol. The molecule has 1 aliphatic carbocycles. The van der Waals surface area contributed by atoms with E-state index in [0.29, 0.717) is 10.8 Å². The van der Waals surface area contributed by atoms with Crippen molar-refractivity contribution in [3.63, 3.8) is 0 Å². The Kier molecular flexibility index (Phi) is 11.8. The van der Waals surface area contributed by atoms with Gasteiger partial charge >= 0.3 is 0 Å². The van der Waals surface area contributed by atoms with Crippen LogP contribution in [0.5, 0.6) is 0 Å². The van der Waals surface area contributed by atoms with E-state index in [1.54, 1.807) is 0 Å². The van der Waals surface area contributed by atoms with Crippen molar-refractivity contribution in [1.29, 1.82) is 0 Å². The molecule has 2 rings (SSSR count). The van der Waals surface area contributed by atoms with Gasteiger partial charge in [0.05, 0.1) is 0 Å². The van der Waals surface area contributed by atoms with E-state index in [4.69, 9.17) is 11.5 Å². The second-order valence-corrected chi connectivity index (χ2v) is 18.5. The first kappa shape index (κ1) is 37.3. The summed E-state index contributed by atoms with van der Waals surface area (Å²) in [5, 5.41) is 0. The highest BCUT2D eigenvalue weighted by molar-refractivity contribution is 5.42. The summed E-state index contributed by atoms with van der Waals surface area (Å²) < 4.78 is 0. The molecule has 244 valence electrons. The lowest BCUT2D eigenvalue weighted by Gasteiger charge is -2.47. The Labute approximate surface area is 264 Å². The van der Waals surface area contributed by atoms with Crippen LogP contribution in [0.15, 0.2) is 18.2 Å². The molecule has 0 radical (unpaired) electrons. The van der Waals surface area contributed by atoms with Crippen LogP contribution in [0.4, 0.5) is 0 Å². The zero-order valence-electron chi connectivity index (χ0n) is 30.9. The molecule has 42 heavy (non-hydrogen) atoms. The number of rotatable bonds is 17. The Hall–Kier alpha value is -0.860. The molecule has 2 heteroatoms. The van der Waals surface area contributed by atoms with E-state index in [-0.39, 0.29) is 27.1 Å². The molecule has 2 nitrogen and oxygen atoms in total. The summed E-state index contributed by atoms with van der Waals surface area (Å²) in [6, 6.07) is 7.72. The summed E-state index contributed by atoms with van der Waals surface area (Å²) in [6.07, 6.45) is 12.6. The lowest BCUT2D eigenvalue weighted by molar-refractivity contribution is 0.126. The minimum atomic E-state index is 0.0426. The lowest BCUT2D eigenvalue weighted by atomic mass is 9.57. The van der Waals surface area contributed by atoms with Gasteiger partial charge < -0.3 is 11.5 Å². The van der Waals surface area contributed by atoms with Gasteiger partial charge in [-0.25, -0.2) is 0 Å². The van der Waals surface area contributed by atoms with Crippen molar-refractivity contribution >= 4 is 0 Å². The molecular weight excluding hydrogens is 508 g/mol. The molecule has 0 bridgehead atoms. The number of nitrogens with two attached hydrogens (primary N) is 2. The molecule has 1 saturated carbocycles. The molecule has 1 aromatic carbocycles. The normalized spacial score (nSPS) is 22.9. The quantitative estimate of drug-likeness (QED) is 0.192. The zero-order chi connectivity index (χ0) is 32.4. The second kappa shape index (κ2) is 13.2. The summed E-state index contributed by atoms with van der Waals surface area (Å²) in [5.74, 6) is 0.816. The van der Waals surface area contributed by atoms with Gasteiger partial charge in [0.15, 0.2) is 0 Å². The monoisotopic (exact) mass is 583 g/mol. The van der Waals surface area contributed by atoms with Crippen molar-refractivity contribution in [3.8, 4) is 0 Å². The molecule has 0 aliphatic heterocycles. The minimum Gasteiger partial charge on any atom is -0.330 e. The van der Waals surface area contributed by atoms with E-state index in [1.807, 2.05) is 0 Å². The standard InChI is InChI=1S/C40H74N2/c1-15-30(20-17-23-41)19-16-21-35(5,6)37(9,10)32-25-31(34(2,3)4)26-33(27-32)38(11,12)36(7,8)28-40(14)29-39(40,13)22-18-24-42/h25-27,30H,15-24,28-29,41-42H2,1-14H3. The fourth-order valence-corrected chi connectivity index (χ4v) is 7.84. The van der Waals surface area contributed by atoms with E-state index in [9.17, 15) is 0 Å². The van der Waals surface area contributed by atoms with E-state index >= 15 is 0 Å². The fraction of sp³-hybridized carbons (Fsp3) is 0.850. The van der Waals surface area contributed by atoms with Crippen LogP contribution >= 0.6 is 0 Å². The highest BCUT2D eigenvalue weighted by Gasteiger charge is 2.62. The maximum absolute atomic E-state index is 5.91. The molecule has 0 aromatic heterocycles. The summed E-state index contributed by atoms with van der Waals surface area (Å²) in [4.78, 5) is 0. The van der Waals surface area contributed by atoms with E-state index < -0.39 is 0 Å². The van der Waals surface area contributed by atoms with Crippen molar-refractivity contribution in [1.82, 2.24) is 0 Å². The van der Waals surface area contributed by atoms with Crippen LogP contribution in [-0.4, -0.2) is 13.1 Å². The third-order valence-electron chi connectivity index (χ3n) is 13.3. The van der Waals surface area contributed by atoms with Gasteiger partial charge in [-0.1, -0.05) is 134 Å². The SMILES string of the molecule is CCC(CCCN)CCCC(C)(C)C(C)(C)c1cc(C(C)(C)C)cc(C(C)(C)C(C)(C)CC2(C)CC2(C)CCCN)c1. The van der Waals surface area contributed by atoms with E-state index in [0.717, 1.165) is 31.8 Å². The van der Waals surface area contributed by atoms with Crippen LogP contribution in [-0.2, 0) is 16.2 Å². The van der Waals surface area contributed by atoms with Gasteiger partial charge in [0.25, 0.3) is 0 Å². The highest BCUT2D eigenvalue weighted by Crippen LogP contribution is 2.71. The van der Waals surface area contributed by atoms with Crippen LogP contribution in [0.25, 0.3) is 0 Å². The number of hydrogen-bond donors (Lipinski definition) is 2. The van der Waals surface area contributed by atoms with Gasteiger partial charge in [0, 0.05) is 0 Å². The van der Waals surface area contributed by atoms with Gasteiger partial charge in [-0.15, -0.1) is 0 Å². The first-order valence-electron chi connectivity index (χ1n) is 17.6. The van der Waals surface area contributed by atoms with Crippen LogP contribution in [0.2, 0.25) is 0 Å². The number of benzene rings is 1. The van der Waals surface area contributed by atoms with Crippen molar-refractivity contribution in [3.05, 3.63) is 34.9 Å². The second-order valence-electron chi connectivity index (χ2n) is 18.5. The fourth-order valence-electron chi connectivity index (χ4n) is 7.84. The molecule has 3 unspecified atom stereocenters. The van der Waals surface area contributed by atoms with Crippen molar-refractivity contribution in [2.24, 2.45) is 39.0 Å². The van der Waals surface area contributed by atoms with Crippen molar-refractivity contribution in [2.75, 3.05) is 13.1 Å². The highest BCUT2D eigenvalue weighted by atomic mass is 14.7. The molecule has 0 amide bonds. The van der Waals surface area contributed by atoms with E-state index in [2.05, 4.69) is 115 Å². The molecule has 1 aliphatic rings. The first-order valence-corrected chi connectivity index (χ1v) is 17.6. The Balaban J connectivity index is 2.43. The molecule has 0 spiro atoms. The molecule has 4 N–H and O–H groups in total. The van der Waals surface area contributed by atoms with Crippen molar-refractivity contribution < 1.29 is 0 Å². The Morgan fingerprint density at radius 2 is 1.14 bits per heavy atom. The van der Waals surface area contributed by atoms with Gasteiger partial charge in [-0.05, 0) is 119 Å². The summed E-state index contributed by atoms with van der Waals surface area (Å²) in [6.45, 7) is 36.3. The molecule has 0 heterocycles. The van der Waals surface area contributed by atoms with Gasteiger partial charge in [-0.3, -0.25) is 0 Å². The predicted octanol–water partition coefficient (Wildman–Crippen LogP) is 11.1. The van der Waals surface area contributed by atoms with Gasteiger partial charge in [0.1, 0.15) is 0 Å². The molecule has 1 aromatic rings. The average molecular weight is 583 g/mol. The van der Waals surface area contributed by atoms with E-state index in [1.165, 1.54) is 68.1 Å². The molecule has 0 saturated heterocycles. The summed E-state index contributed by atoms with van der Waals surface area (Å²) in [7, 11) is 0. The number of hydrogen-bond acceptors (Lipinski definition) is 2. The minimum absolute atomic E-state index is 0.0426. The maximum atomic E-state index is 5.91. The molecular formula is C40H74N2. The van der Waals surface area contributed by atoms with Gasteiger partial charge in [0.2, 0.25) is 0 Å². The molecule has 3 atom stereocenters. The van der Waals surface area contributed by atoms with Crippen LogP contribution in [0, 0.1) is 27.6 Å².